The Morgan fingerprint density at radius 1 is 0.741 bits per heavy atom. The van der Waals surface area contributed by atoms with Crippen molar-refractivity contribution in [1.29, 1.82) is 0 Å². The second-order valence-electron chi connectivity index (χ2n) is 5.60. The van der Waals surface area contributed by atoms with Crippen LogP contribution in [0.4, 0.5) is 4.79 Å². The summed E-state index contributed by atoms with van der Waals surface area (Å²) in [7, 11) is -9.70. The average Bonchev–Trinajstić information content (AvgIpc) is 2.88. The molecule has 142 valence electrons. The molecule has 1 aliphatic heterocycles. The van der Waals surface area contributed by atoms with Crippen LogP contribution in [0.2, 0.25) is 0 Å². The zero-order chi connectivity index (χ0) is 20.0. The van der Waals surface area contributed by atoms with E-state index < -0.39 is 58.6 Å². The largest absolute Gasteiger partial charge is 0.322 e. The third-order valence-electron chi connectivity index (χ3n) is 4.01. The maximum atomic E-state index is 12.7. The Balaban J connectivity index is 2.48. The molecule has 0 bridgehead atoms. The van der Waals surface area contributed by atoms with Gasteiger partial charge in [-0.1, -0.05) is 36.4 Å². The lowest BCUT2D eigenvalue weighted by Gasteiger charge is -2.29. The molecule has 0 saturated carbocycles. The molecular weight excluding hydrogens is 400 g/mol. The molecule has 0 spiro atoms. The van der Waals surface area contributed by atoms with Gasteiger partial charge in [-0.2, -0.15) is 16.8 Å². The van der Waals surface area contributed by atoms with E-state index in [1.165, 1.54) is 24.3 Å². The highest BCUT2D eigenvalue weighted by molar-refractivity contribution is 7.86. The van der Waals surface area contributed by atoms with Gasteiger partial charge in [-0.15, -0.1) is 0 Å². The van der Waals surface area contributed by atoms with E-state index in [0.717, 1.165) is 24.3 Å². The predicted molar refractivity (Wildman–Crippen MR) is 90.0 cm³/mol. The molecule has 0 unspecified atom stereocenters. The summed E-state index contributed by atoms with van der Waals surface area (Å²) in [4.78, 5) is 23.2. The molecule has 2 aromatic rings. The molecule has 2 aromatic carbocycles. The van der Waals surface area contributed by atoms with Gasteiger partial charge in [0.1, 0.15) is 9.79 Å². The van der Waals surface area contributed by atoms with E-state index in [1.807, 2.05) is 5.32 Å². The van der Waals surface area contributed by atoms with E-state index in [0.29, 0.717) is 0 Å². The second kappa shape index (κ2) is 6.13. The molecule has 4 N–H and O–H groups in total. The topological polar surface area (TPSA) is 167 Å². The van der Waals surface area contributed by atoms with Crippen molar-refractivity contribution >= 4 is 32.2 Å². The third kappa shape index (κ3) is 3.08. The smallest absolute Gasteiger partial charge is 0.316 e. The molecule has 0 atom stereocenters. The van der Waals surface area contributed by atoms with E-state index in [4.69, 9.17) is 0 Å². The number of nitrogens with one attached hydrogen (secondary N) is 2. The van der Waals surface area contributed by atoms with Gasteiger partial charge >= 0.3 is 6.03 Å². The van der Waals surface area contributed by atoms with E-state index >= 15 is 0 Å². The van der Waals surface area contributed by atoms with Crippen molar-refractivity contribution in [3.8, 4) is 0 Å². The molecule has 1 fully saturated rings. The minimum Gasteiger partial charge on any atom is -0.316 e. The van der Waals surface area contributed by atoms with Crippen LogP contribution in [0.5, 0.6) is 0 Å². The second-order valence-corrected chi connectivity index (χ2v) is 8.38. The molecule has 27 heavy (non-hydrogen) atoms. The fourth-order valence-electron chi connectivity index (χ4n) is 2.98. The predicted octanol–water partition coefficient (Wildman–Crippen LogP) is 0.263. The maximum absolute atomic E-state index is 12.7. The van der Waals surface area contributed by atoms with Gasteiger partial charge in [-0.25, -0.2) is 4.79 Å². The van der Waals surface area contributed by atoms with Crippen LogP contribution in [0.1, 0.15) is 11.1 Å². The third-order valence-corrected chi connectivity index (χ3v) is 5.83. The molecule has 10 nitrogen and oxygen atoms in total. The number of urea groups is 1. The van der Waals surface area contributed by atoms with Crippen LogP contribution in [-0.2, 0) is 30.6 Å². The Bertz CT molecular complexity index is 1100. The fourth-order valence-corrected chi connectivity index (χ4v) is 4.48. The quantitative estimate of drug-likeness (QED) is 0.410. The van der Waals surface area contributed by atoms with E-state index in [1.54, 1.807) is 0 Å². The number of carbonyl (C=O) groups excluding carboxylic acids is 2. The standard InChI is InChI=1S/C15H12N2O8S2/c18-13-15(17-14(19)16-13,9-5-1-3-7-11(9)26(20,21)22)10-6-2-4-8-12(10)27(23,24)25/h1-8H,(H,20,21,22)(H,23,24,25)(H2,16,17,18,19). The lowest BCUT2D eigenvalue weighted by atomic mass is 9.82. The number of rotatable bonds is 4. The zero-order valence-corrected chi connectivity index (χ0v) is 14.9. The number of carbonyl (C=O) groups is 2. The fraction of sp³-hybridized carbons (Fsp3) is 0.0667. The first-order valence-corrected chi connectivity index (χ1v) is 10.1. The zero-order valence-electron chi connectivity index (χ0n) is 13.3. The maximum Gasteiger partial charge on any atom is 0.322 e. The lowest BCUT2D eigenvalue weighted by molar-refractivity contribution is -0.123. The van der Waals surface area contributed by atoms with Gasteiger partial charge in [0.2, 0.25) is 0 Å². The summed E-state index contributed by atoms with van der Waals surface area (Å²) >= 11 is 0. The number of hydrogen-bond acceptors (Lipinski definition) is 6. The highest BCUT2D eigenvalue weighted by Gasteiger charge is 2.53. The van der Waals surface area contributed by atoms with Crippen LogP contribution in [0.25, 0.3) is 0 Å². The Labute approximate surface area is 153 Å². The van der Waals surface area contributed by atoms with Gasteiger partial charge < -0.3 is 5.32 Å². The summed E-state index contributed by atoms with van der Waals surface area (Å²) in [6, 6.07) is 8.42. The van der Waals surface area contributed by atoms with Crippen molar-refractivity contribution in [2.24, 2.45) is 0 Å². The van der Waals surface area contributed by atoms with Crippen molar-refractivity contribution in [2.75, 3.05) is 0 Å². The van der Waals surface area contributed by atoms with Gasteiger partial charge in [0, 0.05) is 11.1 Å². The molecule has 3 rings (SSSR count). The molecule has 0 radical (unpaired) electrons. The number of hydrogen-bond donors (Lipinski definition) is 4. The van der Waals surface area contributed by atoms with Gasteiger partial charge in [-0.3, -0.25) is 19.2 Å². The van der Waals surface area contributed by atoms with Crippen LogP contribution in [0.15, 0.2) is 58.3 Å². The number of amides is 3. The highest BCUT2D eigenvalue weighted by atomic mass is 32.2. The van der Waals surface area contributed by atoms with E-state index in [2.05, 4.69) is 5.32 Å². The van der Waals surface area contributed by atoms with E-state index in [-0.39, 0.29) is 0 Å². The number of imide groups is 1. The van der Waals surface area contributed by atoms with Crippen molar-refractivity contribution in [3.63, 3.8) is 0 Å². The van der Waals surface area contributed by atoms with Gasteiger partial charge in [0.15, 0.2) is 5.54 Å². The first kappa shape index (κ1) is 19.0. The summed E-state index contributed by atoms with van der Waals surface area (Å²) in [6.45, 7) is 0. The average molecular weight is 412 g/mol. The van der Waals surface area contributed by atoms with Crippen LogP contribution < -0.4 is 10.6 Å². The van der Waals surface area contributed by atoms with Crippen molar-refractivity contribution < 1.29 is 35.5 Å². The highest BCUT2D eigenvalue weighted by Crippen LogP contribution is 2.39. The summed E-state index contributed by atoms with van der Waals surface area (Å²) in [6.07, 6.45) is 0. The summed E-state index contributed by atoms with van der Waals surface area (Å²) in [5.74, 6) is -1.08. The Kier molecular flexibility index (Phi) is 4.31. The molecule has 0 aliphatic carbocycles. The Hall–Kier alpha value is -2.80. The molecule has 1 heterocycles. The molecule has 0 aromatic heterocycles. The summed E-state index contributed by atoms with van der Waals surface area (Å²) in [5.41, 5.74) is -3.12. The first-order valence-electron chi connectivity index (χ1n) is 7.25. The van der Waals surface area contributed by atoms with Crippen LogP contribution in [-0.4, -0.2) is 37.9 Å². The van der Waals surface area contributed by atoms with Crippen molar-refractivity contribution in [1.82, 2.24) is 10.6 Å². The van der Waals surface area contributed by atoms with Crippen molar-refractivity contribution in [2.45, 2.75) is 15.3 Å². The van der Waals surface area contributed by atoms with Crippen LogP contribution >= 0.6 is 0 Å². The molecule has 1 aliphatic rings. The Morgan fingerprint density at radius 3 is 1.48 bits per heavy atom. The first-order chi connectivity index (χ1) is 12.5. The minimum atomic E-state index is -4.85. The number of benzene rings is 2. The lowest BCUT2D eigenvalue weighted by Crippen LogP contribution is -2.46. The molecule has 1 saturated heterocycles. The minimum absolute atomic E-state index is 0.396. The molecular formula is C15H12N2O8S2. The van der Waals surface area contributed by atoms with Crippen LogP contribution in [0, 0.1) is 0 Å². The normalized spacial score (nSPS) is 16.7. The van der Waals surface area contributed by atoms with Crippen molar-refractivity contribution in [3.05, 3.63) is 59.7 Å². The molecule has 12 heteroatoms. The summed E-state index contributed by atoms with van der Waals surface area (Å²) in [5, 5.41) is 4.14. The Morgan fingerprint density at radius 2 is 1.15 bits per heavy atom. The SMILES string of the molecule is O=C1NC(=O)C(c2ccccc2S(=O)(=O)O)(c2ccccc2S(=O)(=O)O)N1. The van der Waals surface area contributed by atoms with E-state index in [9.17, 15) is 35.5 Å². The molecule has 3 amide bonds. The van der Waals surface area contributed by atoms with Gasteiger partial charge in [-0.05, 0) is 12.1 Å². The van der Waals surface area contributed by atoms with Gasteiger partial charge in [0.05, 0.1) is 0 Å². The van der Waals surface area contributed by atoms with Crippen LogP contribution in [0.3, 0.4) is 0 Å². The van der Waals surface area contributed by atoms with Gasteiger partial charge in [0.25, 0.3) is 26.1 Å². The monoisotopic (exact) mass is 412 g/mol. The summed E-state index contributed by atoms with van der Waals surface area (Å²) < 4.78 is 66.3.